The fourth-order valence-corrected chi connectivity index (χ4v) is 4.78. The normalized spacial score (nSPS) is 17.8. The van der Waals surface area contributed by atoms with E-state index in [1.54, 1.807) is 42.3 Å². The third-order valence-electron chi connectivity index (χ3n) is 7.07. The molecule has 0 saturated heterocycles. The van der Waals surface area contributed by atoms with Crippen LogP contribution in [0, 0.1) is 5.92 Å². The van der Waals surface area contributed by atoms with Crippen LogP contribution in [0.4, 0.5) is 16.2 Å². The zero-order valence-electron chi connectivity index (χ0n) is 23.5. The van der Waals surface area contributed by atoms with E-state index in [1.165, 1.54) is 0 Å². The fraction of sp³-hybridized carbons (Fsp3) is 0.355. The van der Waals surface area contributed by atoms with E-state index >= 15 is 0 Å². The van der Waals surface area contributed by atoms with Crippen LogP contribution in [-0.2, 0) is 6.54 Å². The van der Waals surface area contributed by atoms with Gasteiger partial charge in [0, 0.05) is 31.2 Å². The Bertz CT molecular complexity index is 1280. The molecule has 0 saturated carbocycles. The summed E-state index contributed by atoms with van der Waals surface area (Å²) in [5.74, 6) is 0.815. The summed E-state index contributed by atoms with van der Waals surface area (Å²) in [6.07, 6.45) is -0.302. The lowest BCUT2D eigenvalue weighted by molar-refractivity contribution is 0.0343. The Hall–Kier alpha value is -4.08. The average molecular weight is 547 g/mol. The lowest BCUT2D eigenvalue weighted by Crippen LogP contribution is -2.49. The minimum Gasteiger partial charge on any atom is -0.497 e. The van der Waals surface area contributed by atoms with E-state index in [0.717, 1.165) is 11.3 Å². The van der Waals surface area contributed by atoms with E-state index in [9.17, 15) is 14.7 Å². The lowest BCUT2D eigenvalue weighted by atomic mass is 9.99. The second kappa shape index (κ2) is 13.3. The van der Waals surface area contributed by atoms with Crippen molar-refractivity contribution < 1.29 is 24.2 Å². The highest BCUT2D eigenvalue weighted by molar-refractivity contribution is 6.04. The van der Waals surface area contributed by atoms with Gasteiger partial charge in [0.25, 0.3) is 5.91 Å². The molecule has 1 aliphatic heterocycles. The van der Waals surface area contributed by atoms with Crippen LogP contribution < -0.4 is 20.1 Å². The number of aliphatic hydroxyl groups is 1. The maximum absolute atomic E-state index is 13.7. The Labute approximate surface area is 235 Å². The molecular weight excluding hydrogens is 508 g/mol. The summed E-state index contributed by atoms with van der Waals surface area (Å²) in [6.45, 7) is 5.40. The van der Waals surface area contributed by atoms with Gasteiger partial charge in [-0.15, -0.1) is 0 Å². The van der Waals surface area contributed by atoms with Crippen molar-refractivity contribution in [2.45, 2.75) is 32.5 Å². The average Bonchev–Trinajstić information content (AvgIpc) is 2.95. The number of para-hydroxylation sites is 2. The topological polar surface area (TPSA) is 103 Å². The predicted molar refractivity (Wildman–Crippen MR) is 156 cm³/mol. The summed E-state index contributed by atoms with van der Waals surface area (Å²) in [7, 11) is 3.67. The first-order valence-electron chi connectivity index (χ1n) is 13.4. The number of carbonyl (C=O) groups is 2. The molecular formula is C31H38N4O5. The molecule has 0 aliphatic carbocycles. The smallest absolute Gasteiger partial charge is 0.323 e. The van der Waals surface area contributed by atoms with Crippen LogP contribution >= 0.6 is 0 Å². The molecule has 4 rings (SSSR count). The van der Waals surface area contributed by atoms with E-state index in [2.05, 4.69) is 15.5 Å². The van der Waals surface area contributed by atoms with Crippen molar-refractivity contribution in [3.63, 3.8) is 0 Å². The first-order chi connectivity index (χ1) is 19.3. The Balaban J connectivity index is 1.61. The Morgan fingerprint density at radius 1 is 1.10 bits per heavy atom. The predicted octanol–water partition coefficient (Wildman–Crippen LogP) is 4.69. The number of amides is 3. The highest BCUT2D eigenvalue weighted by Crippen LogP contribution is 2.35. The molecule has 0 bridgehead atoms. The number of ether oxygens (including phenoxy) is 2. The standard InChI is InChI=1S/C31H38N4O5/c1-21-17-35(22(2)20-36)30(37)26-11-8-12-27(33-31(38)32-24-9-6-5-7-10-24)29(26)40-28(21)19-34(3)18-23-13-15-25(39-4)16-14-23/h5-16,21-22,28,36H,17-20H2,1-4H3,(H2,32,33,38)/t21-,22-,28-/m0/s1. The maximum Gasteiger partial charge on any atom is 0.323 e. The molecule has 3 atom stereocenters. The van der Waals surface area contributed by atoms with Crippen LogP contribution in [0.1, 0.15) is 29.8 Å². The molecule has 0 spiro atoms. The van der Waals surface area contributed by atoms with Gasteiger partial charge in [-0.3, -0.25) is 9.69 Å². The van der Waals surface area contributed by atoms with Gasteiger partial charge in [-0.1, -0.05) is 43.3 Å². The van der Waals surface area contributed by atoms with E-state index in [0.29, 0.717) is 42.3 Å². The van der Waals surface area contributed by atoms with Crippen molar-refractivity contribution in [3.05, 3.63) is 83.9 Å². The van der Waals surface area contributed by atoms with Crippen LogP contribution in [0.25, 0.3) is 0 Å². The molecule has 3 aromatic rings. The third kappa shape index (κ3) is 7.11. The number of urea groups is 1. The molecule has 9 heteroatoms. The van der Waals surface area contributed by atoms with Gasteiger partial charge < -0.3 is 30.1 Å². The van der Waals surface area contributed by atoms with Crippen LogP contribution in [0.3, 0.4) is 0 Å². The molecule has 9 nitrogen and oxygen atoms in total. The maximum atomic E-state index is 13.7. The number of nitrogens with zero attached hydrogens (tertiary/aromatic N) is 2. The van der Waals surface area contributed by atoms with Gasteiger partial charge in [-0.2, -0.15) is 0 Å². The van der Waals surface area contributed by atoms with E-state index in [1.807, 2.05) is 63.4 Å². The lowest BCUT2D eigenvalue weighted by Gasteiger charge is -2.38. The third-order valence-corrected chi connectivity index (χ3v) is 7.07. The highest BCUT2D eigenvalue weighted by Gasteiger charge is 2.34. The fourth-order valence-electron chi connectivity index (χ4n) is 4.78. The quantitative estimate of drug-likeness (QED) is 0.360. The molecule has 1 aliphatic rings. The number of likely N-dealkylation sites (N-methyl/N-ethyl adjacent to an activating group) is 1. The summed E-state index contributed by atoms with van der Waals surface area (Å²) in [5.41, 5.74) is 2.51. The van der Waals surface area contributed by atoms with E-state index in [-0.39, 0.29) is 30.6 Å². The number of benzene rings is 3. The van der Waals surface area contributed by atoms with Crippen LogP contribution in [-0.4, -0.2) is 72.8 Å². The summed E-state index contributed by atoms with van der Waals surface area (Å²) in [6, 6.07) is 21.4. The first-order valence-corrected chi connectivity index (χ1v) is 13.4. The molecule has 40 heavy (non-hydrogen) atoms. The number of methoxy groups -OCH3 is 1. The minimum atomic E-state index is -0.445. The van der Waals surface area contributed by atoms with Crippen molar-refractivity contribution >= 4 is 23.3 Å². The zero-order valence-corrected chi connectivity index (χ0v) is 23.5. The van der Waals surface area contributed by atoms with Crippen molar-refractivity contribution in [2.75, 3.05) is 44.5 Å². The molecule has 3 N–H and O–H groups in total. The van der Waals surface area contributed by atoms with Crippen LogP contribution in [0.15, 0.2) is 72.8 Å². The SMILES string of the molecule is COc1ccc(CN(C)C[C@@H]2Oc3c(NC(=O)Nc4ccccc4)cccc3C(=O)N([C@@H](C)CO)C[C@@H]2C)cc1. The number of hydrogen-bond donors (Lipinski definition) is 3. The summed E-state index contributed by atoms with van der Waals surface area (Å²) < 4.78 is 11.9. The van der Waals surface area contributed by atoms with Gasteiger partial charge in [-0.05, 0) is 55.9 Å². The van der Waals surface area contributed by atoms with E-state index < -0.39 is 6.03 Å². The van der Waals surface area contributed by atoms with Crippen molar-refractivity contribution in [1.82, 2.24) is 9.80 Å². The minimum absolute atomic E-state index is 0.0596. The number of rotatable bonds is 9. The van der Waals surface area contributed by atoms with Gasteiger partial charge >= 0.3 is 6.03 Å². The number of anilines is 2. The molecule has 212 valence electrons. The zero-order chi connectivity index (χ0) is 28.6. The first kappa shape index (κ1) is 28.9. The van der Waals surface area contributed by atoms with Gasteiger partial charge in [0.1, 0.15) is 11.9 Å². The second-order valence-electron chi connectivity index (χ2n) is 10.3. The molecule has 0 aromatic heterocycles. The Morgan fingerprint density at radius 2 is 1.82 bits per heavy atom. The molecule has 0 fully saturated rings. The summed E-state index contributed by atoms with van der Waals surface area (Å²) >= 11 is 0. The molecule has 3 aromatic carbocycles. The van der Waals surface area contributed by atoms with E-state index in [4.69, 9.17) is 9.47 Å². The van der Waals surface area contributed by atoms with Crippen molar-refractivity contribution in [2.24, 2.45) is 5.92 Å². The molecule has 0 radical (unpaired) electrons. The highest BCUT2D eigenvalue weighted by atomic mass is 16.5. The van der Waals surface area contributed by atoms with Gasteiger partial charge in [0.05, 0.1) is 31.0 Å². The number of aliphatic hydroxyl groups excluding tert-OH is 1. The molecule has 1 heterocycles. The number of hydrogen-bond acceptors (Lipinski definition) is 6. The summed E-state index contributed by atoms with van der Waals surface area (Å²) in [5, 5.41) is 15.6. The number of carbonyl (C=O) groups excluding carboxylic acids is 2. The van der Waals surface area contributed by atoms with Crippen molar-refractivity contribution in [3.8, 4) is 11.5 Å². The Morgan fingerprint density at radius 3 is 2.50 bits per heavy atom. The number of fused-ring (bicyclic) bond motifs is 1. The largest absolute Gasteiger partial charge is 0.497 e. The number of nitrogens with one attached hydrogen (secondary N) is 2. The molecule has 3 amide bonds. The summed E-state index contributed by atoms with van der Waals surface area (Å²) in [4.78, 5) is 30.4. The van der Waals surface area contributed by atoms with Gasteiger partial charge in [0.15, 0.2) is 5.75 Å². The van der Waals surface area contributed by atoms with Gasteiger partial charge in [-0.25, -0.2) is 4.79 Å². The van der Waals surface area contributed by atoms with Crippen molar-refractivity contribution in [1.29, 1.82) is 0 Å². The van der Waals surface area contributed by atoms with Crippen LogP contribution in [0.5, 0.6) is 11.5 Å². The monoisotopic (exact) mass is 546 g/mol. The van der Waals surface area contributed by atoms with Crippen LogP contribution in [0.2, 0.25) is 0 Å². The Kier molecular flexibility index (Phi) is 9.63. The second-order valence-corrected chi connectivity index (χ2v) is 10.3. The molecule has 0 unspecified atom stereocenters. The van der Waals surface area contributed by atoms with Gasteiger partial charge in [0.2, 0.25) is 0 Å².